The van der Waals surface area contributed by atoms with Crippen LogP contribution < -0.4 is 0 Å². The minimum absolute atomic E-state index is 0.526. The van der Waals surface area contributed by atoms with Gasteiger partial charge in [-0.15, -0.1) is 0 Å². The average molecular weight is 645 g/mol. The van der Waals surface area contributed by atoms with Crippen molar-refractivity contribution in [3.8, 4) is 56.7 Å². The Hall–Kier alpha value is -7.06. The lowest BCUT2D eigenvalue weighted by molar-refractivity contribution is 0.620. The predicted octanol–water partition coefficient (Wildman–Crippen LogP) is 10.2. The van der Waals surface area contributed by atoms with E-state index in [1.54, 1.807) is 12.4 Å². The van der Waals surface area contributed by atoms with Crippen molar-refractivity contribution in [3.63, 3.8) is 0 Å². The average Bonchev–Trinajstić information content (AvgIpc) is 3.80. The standard InChI is InChI=1S/C42H24N6O2/c1-3-9-26(10-4-1)39-46-40(27-11-5-2-6-12-27)48-41(47-39)32-22-24-43-35-29(21-23-44-36(32)35)25-15-17-28(18-16-25)42-45-37-34(50-42)20-19-31-30-13-7-8-14-33(30)49-38(31)37/h1-24H. The van der Waals surface area contributed by atoms with Crippen molar-refractivity contribution in [2.75, 3.05) is 0 Å². The van der Waals surface area contributed by atoms with E-state index in [1.165, 1.54) is 0 Å². The number of hydrogen-bond donors (Lipinski definition) is 0. The summed E-state index contributed by atoms with van der Waals surface area (Å²) in [6, 6.07) is 43.9. The molecular formula is C42H24N6O2. The molecule has 8 nitrogen and oxygen atoms in total. The normalized spacial score (nSPS) is 11.6. The SMILES string of the molecule is c1ccc(-c2nc(-c3ccccc3)nc(-c3ccnc4c(-c5ccc(-c6nc7c(ccc8c9ccccc9oc87)o6)cc5)ccnc34)n2)cc1. The van der Waals surface area contributed by atoms with Gasteiger partial charge in [0.2, 0.25) is 5.89 Å². The minimum atomic E-state index is 0.526. The first-order valence-electron chi connectivity index (χ1n) is 16.2. The number of rotatable bonds is 5. The summed E-state index contributed by atoms with van der Waals surface area (Å²) in [5, 5.41) is 2.08. The van der Waals surface area contributed by atoms with E-state index in [0.717, 1.165) is 60.8 Å². The fourth-order valence-electron chi connectivity index (χ4n) is 6.48. The van der Waals surface area contributed by atoms with Gasteiger partial charge < -0.3 is 8.83 Å². The molecule has 0 amide bonds. The van der Waals surface area contributed by atoms with Crippen LogP contribution in [0.15, 0.2) is 155 Å². The summed E-state index contributed by atoms with van der Waals surface area (Å²) in [5.74, 6) is 2.23. The Balaban J connectivity index is 1.05. The van der Waals surface area contributed by atoms with Crippen molar-refractivity contribution >= 4 is 44.1 Å². The van der Waals surface area contributed by atoms with E-state index in [0.29, 0.717) is 40.0 Å². The monoisotopic (exact) mass is 644 g/mol. The number of para-hydroxylation sites is 1. The van der Waals surface area contributed by atoms with Gasteiger partial charge in [0.1, 0.15) is 11.1 Å². The summed E-state index contributed by atoms with van der Waals surface area (Å²) >= 11 is 0. The predicted molar refractivity (Wildman–Crippen MR) is 195 cm³/mol. The molecule has 5 heterocycles. The van der Waals surface area contributed by atoms with Gasteiger partial charge in [0.05, 0.1) is 5.52 Å². The van der Waals surface area contributed by atoms with Crippen LogP contribution in [0.25, 0.3) is 101 Å². The highest BCUT2D eigenvalue weighted by atomic mass is 16.4. The van der Waals surface area contributed by atoms with Crippen LogP contribution in [0.1, 0.15) is 0 Å². The topological polar surface area (TPSA) is 104 Å². The van der Waals surface area contributed by atoms with E-state index >= 15 is 0 Å². The van der Waals surface area contributed by atoms with Gasteiger partial charge in [-0.3, -0.25) is 9.97 Å². The molecular weight excluding hydrogens is 621 g/mol. The third kappa shape index (κ3) is 4.62. The van der Waals surface area contributed by atoms with Crippen LogP contribution in [0.3, 0.4) is 0 Å². The van der Waals surface area contributed by atoms with E-state index in [9.17, 15) is 0 Å². The Morgan fingerprint density at radius 1 is 0.360 bits per heavy atom. The maximum atomic E-state index is 6.21. The van der Waals surface area contributed by atoms with Crippen molar-refractivity contribution in [2.45, 2.75) is 0 Å². The molecule has 234 valence electrons. The summed E-state index contributed by atoms with van der Waals surface area (Å²) < 4.78 is 12.4. The van der Waals surface area contributed by atoms with Crippen LogP contribution in [0.4, 0.5) is 0 Å². The second-order valence-corrected chi connectivity index (χ2v) is 11.9. The first kappa shape index (κ1) is 28.0. The lowest BCUT2D eigenvalue weighted by atomic mass is 10.0. The van der Waals surface area contributed by atoms with Crippen LogP contribution in [-0.2, 0) is 0 Å². The number of aromatic nitrogens is 6. The van der Waals surface area contributed by atoms with Crippen LogP contribution >= 0.6 is 0 Å². The highest BCUT2D eigenvalue weighted by Gasteiger charge is 2.19. The molecule has 0 spiro atoms. The van der Waals surface area contributed by atoms with Gasteiger partial charge in [-0.2, -0.15) is 0 Å². The molecule has 0 saturated heterocycles. The van der Waals surface area contributed by atoms with Gasteiger partial charge in [0, 0.05) is 51.0 Å². The molecule has 8 heteroatoms. The summed E-state index contributed by atoms with van der Waals surface area (Å²) in [6.45, 7) is 0. The van der Waals surface area contributed by atoms with E-state index in [-0.39, 0.29) is 0 Å². The third-order valence-corrected chi connectivity index (χ3v) is 8.91. The maximum Gasteiger partial charge on any atom is 0.227 e. The van der Waals surface area contributed by atoms with E-state index in [2.05, 4.69) is 6.07 Å². The van der Waals surface area contributed by atoms with Gasteiger partial charge in [0.25, 0.3) is 0 Å². The van der Waals surface area contributed by atoms with Crippen LogP contribution in [0, 0.1) is 0 Å². The Morgan fingerprint density at radius 2 is 0.960 bits per heavy atom. The number of benzene rings is 5. The van der Waals surface area contributed by atoms with E-state index < -0.39 is 0 Å². The van der Waals surface area contributed by atoms with Crippen molar-refractivity contribution in [1.82, 2.24) is 29.9 Å². The lowest BCUT2D eigenvalue weighted by Gasteiger charge is -2.11. The Kier molecular flexibility index (Phi) is 6.32. The molecule has 5 aromatic heterocycles. The van der Waals surface area contributed by atoms with Gasteiger partial charge in [-0.1, -0.05) is 91.0 Å². The van der Waals surface area contributed by atoms with E-state index in [1.807, 2.05) is 127 Å². The second-order valence-electron chi connectivity index (χ2n) is 11.9. The highest BCUT2D eigenvalue weighted by Crippen LogP contribution is 2.37. The van der Waals surface area contributed by atoms with Crippen LogP contribution in [-0.4, -0.2) is 29.9 Å². The number of furan rings is 1. The van der Waals surface area contributed by atoms with Crippen molar-refractivity contribution in [2.24, 2.45) is 0 Å². The number of hydrogen-bond acceptors (Lipinski definition) is 8. The molecule has 0 unspecified atom stereocenters. The fourth-order valence-corrected chi connectivity index (χ4v) is 6.48. The zero-order chi connectivity index (χ0) is 33.0. The zero-order valence-electron chi connectivity index (χ0n) is 26.4. The zero-order valence-corrected chi connectivity index (χ0v) is 26.4. The molecule has 10 rings (SSSR count). The van der Waals surface area contributed by atoms with Crippen molar-refractivity contribution in [1.29, 1.82) is 0 Å². The number of nitrogens with zero attached hydrogens (tertiary/aromatic N) is 6. The largest absolute Gasteiger partial charge is 0.454 e. The van der Waals surface area contributed by atoms with Gasteiger partial charge in [0.15, 0.2) is 34.2 Å². The molecule has 0 fully saturated rings. The fraction of sp³-hybridized carbons (Fsp3) is 0. The van der Waals surface area contributed by atoms with E-state index in [4.69, 9.17) is 38.7 Å². The second kappa shape index (κ2) is 11.3. The number of pyridine rings is 2. The molecule has 10 aromatic rings. The Bertz CT molecular complexity index is 2810. The molecule has 0 radical (unpaired) electrons. The van der Waals surface area contributed by atoms with Gasteiger partial charge in [-0.05, 0) is 48.0 Å². The first-order valence-corrected chi connectivity index (χ1v) is 16.2. The summed E-state index contributed by atoms with van der Waals surface area (Å²) in [6.07, 6.45) is 3.58. The summed E-state index contributed by atoms with van der Waals surface area (Å²) in [7, 11) is 0. The van der Waals surface area contributed by atoms with Gasteiger partial charge in [-0.25, -0.2) is 19.9 Å². The molecule has 0 aliphatic heterocycles. The minimum Gasteiger partial charge on any atom is -0.454 e. The molecule has 0 aliphatic carbocycles. The smallest absolute Gasteiger partial charge is 0.227 e. The summed E-state index contributed by atoms with van der Waals surface area (Å²) in [4.78, 5) is 29.1. The Labute approximate surface area is 284 Å². The third-order valence-electron chi connectivity index (χ3n) is 8.91. The lowest BCUT2D eigenvalue weighted by Crippen LogP contribution is -2.01. The molecule has 0 N–H and O–H groups in total. The molecule has 0 bridgehead atoms. The number of fused-ring (bicyclic) bond motifs is 6. The van der Waals surface area contributed by atoms with Crippen LogP contribution in [0.5, 0.6) is 0 Å². The maximum absolute atomic E-state index is 6.21. The van der Waals surface area contributed by atoms with Gasteiger partial charge >= 0.3 is 0 Å². The van der Waals surface area contributed by atoms with Crippen LogP contribution in [0.2, 0.25) is 0 Å². The quantitative estimate of drug-likeness (QED) is 0.182. The van der Waals surface area contributed by atoms with Crippen molar-refractivity contribution in [3.05, 3.63) is 146 Å². The highest BCUT2D eigenvalue weighted by molar-refractivity contribution is 6.13. The molecule has 5 aromatic carbocycles. The molecule has 50 heavy (non-hydrogen) atoms. The molecule has 0 atom stereocenters. The summed E-state index contributed by atoms with van der Waals surface area (Å²) in [5.41, 5.74) is 9.74. The first-order chi connectivity index (χ1) is 24.8. The van der Waals surface area contributed by atoms with Crippen molar-refractivity contribution < 1.29 is 8.83 Å². The Morgan fingerprint density at radius 3 is 1.68 bits per heavy atom. The number of oxazole rings is 1. The molecule has 0 aliphatic rings. The molecule has 0 saturated carbocycles.